The van der Waals surface area contributed by atoms with Gasteiger partial charge in [0.2, 0.25) is 0 Å². The summed E-state index contributed by atoms with van der Waals surface area (Å²) in [6, 6.07) is 0. The Bertz CT molecular complexity index is 344. The first-order valence-electron chi connectivity index (χ1n) is 2.00. The summed E-state index contributed by atoms with van der Waals surface area (Å²) >= 11 is 0. The van der Waals surface area contributed by atoms with Gasteiger partial charge in [0.25, 0.3) is 0 Å². The second kappa shape index (κ2) is 45.4. The van der Waals surface area contributed by atoms with E-state index in [1.807, 2.05) is 0 Å². The van der Waals surface area contributed by atoms with Gasteiger partial charge in [-0.2, -0.15) is 0 Å². The van der Waals surface area contributed by atoms with E-state index >= 15 is 0 Å². The van der Waals surface area contributed by atoms with Crippen LogP contribution < -0.4 is 0 Å². The average molecular weight is 728 g/mol. The van der Waals surface area contributed by atoms with Crippen molar-refractivity contribution in [1.82, 2.24) is 0 Å². The van der Waals surface area contributed by atoms with Crippen molar-refractivity contribution >= 4 is 31.2 Å². The van der Waals surface area contributed by atoms with Gasteiger partial charge in [0.05, 0.1) is 0 Å². The Balaban J connectivity index is -0.00000000571. The van der Waals surface area contributed by atoms with Crippen LogP contribution in [-0.4, -0.2) is 102 Å². The Labute approximate surface area is 202 Å². The Kier molecular flexibility index (Phi) is 184. The molecule has 26 heavy (non-hydrogen) atoms. The van der Waals surface area contributed by atoms with Gasteiger partial charge in [-0.05, 0) is 0 Å². The van der Waals surface area contributed by atoms with Gasteiger partial charge >= 0.3 is 71.2 Å². The van der Waals surface area contributed by atoms with Crippen LogP contribution in [0.4, 0.5) is 0 Å². The van der Waals surface area contributed by atoms with E-state index in [-0.39, 0.29) is 120 Å². The van der Waals surface area contributed by atoms with Crippen molar-refractivity contribution in [2.75, 3.05) is 0 Å². The van der Waals surface area contributed by atoms with Crippen LogP contribution in [-0.2, 0) is 31.2 Å². The summed E-state index contributed by atoms with van der Waals surface area (Å²) in [6.45, 7) is 0. The largest absolute Gasteiger partial charge is 3.00 e. The summed E-state index contributed by atoms with van der Waals surface area (Å²) in [6.07, 6.45) is 0. The molecule has 168 valence electrons. The molecule has 0 aliphatic heterocycles. The van der Waals surface area contributed by atoms with Crippen molar-refractivity contribution in [2.45, 2.75) is 0 Å². The normalized spacial score (nSPS) is 6.69. The first-order valence-corrected chi connectivity index (χ1v) is 6.00. The van der Waals surface area contributed by atoms with Gasteiger partial charge in [-0.25, -0.2) is 0 Å². The first-order chi connectivity index (χ1) is 6.00. The molecular formula is H18La2O21S3. The van der Waals surface area contributed by atoms with Crippen molar-refractivity contribution in [3.05, 3.63) is 0 Å². The molecule has 26 heteroatoms. The summed E-state index contributed by atoms with van der Waals surface area (Å²) in [5, 5.41) is 0. The predicted molar refractivity (Wildman–Crippen MR) is 63.9 cm³/mol. The van der Waals surface area contributed by atoms with Crippen LogP contribution in [0, 0.1) is 71.2 Å². The smallest absolute Gasteiger partial charge is 0.759 e. The minimum atomic E-state index is -5.17. The molecule has 21 nitrogen and oxygen atoms in total. The Morgan fingerprint density at radius 2 is 0.308 bits per heavy atom. The van der Waals surface area contributed by atoms with E-state index in [1.54, 1.807) is 0 Å². The van der Waals surface area contributed by atoms with Gasteiger partial charge < -0.3 is 76.6 Å². The molecule has 0 radical (unpaired) electrons. The standard InChI is InChI=1S/2La.3H2O4S.9H2O/c;;3*1-5(2,3)4;;;;;;;;;/h;;3*(H2,1,2,3,4);9*1H2/q2*+3;;;;;;;;;;;;/p-6. The third-order valence-electron chi connectivity index (χ3n) is 0. The van der Waals surface area contributed by atoms with Crippen molar-refractivity contribution < 1.29 is 173 Å². The van der Waals surface area contributed by atoms with Crippen LogP contribution >= 0.6 is 0 Å². The van der Waals surface area contributed by atoms with Crippen LogP contribution in [0.5, 0.6) is 0 Å². The van der Waals surface area contributed by atoms with Crippen LogP contribution in [0.15, 0.2) is 0 Å². The summed E-state index contributed by atoms with van der Waals surface area (Å²) in [4.78, 5) is 0. The van der Waals surface area contributed by atoms with E-state index in [9.17, 15) is 0 Å². The predicted octanol–water partition coefficient (Wildman–Crippen LogP) is -11.4. The molecule has 0 saturated heterocycles. The molecule has 0 bridgehead atoms. The topological polar surface area (TPSA) is 524 Å². The SMILES string of the molecule is O.O.O.O.O.O.O.O.O.O=S(=O)([O-])[O-].O=S(=O)([O-])[O-].O=S(=O)([O-])[O-].[La+3].[La+3]. The van der Waals surface area contributed by atoms with E-state index in [4.69, 9.17) is 52.6 Å². The Hall–Kier alpha value is 1.64. The van der Waals surface area contributed by atoms with Crippen molar-refractivity contribution in [2.24, 2.45) is 0 Å². The summed E-state index contributed by atoms with van der Waals surface area (Å²) < 4.78 is 102. The third-order valence-corrected chi connectivity index (χ3v) is 0. The van der Waals surface area contributed by atoms with Gasteiger partial charge in [0.1, 0.15) is 0 Å². The summed E-state index contributed by atoms with van der Waals surface area (Å²) in [5.74, 6) is 0. The molecule has 0 aromatic heterocycles. The summed E-state index contributed by atoms with van der Waals surface area (Å²) in [5.41, 5.74) is 0. The molecule has 0 rings (SSSR count). The number of hydrogen-bond acceptors (Lipinski definition) is 12. The zero-order valence-electron chi connectivity index (χ0n) is 11.8. The number of rotatable bonds is 0. The van der Waals surface area contributed by atoms with Crippen molar-refractivity contribution in [1.29, 1.82) is 0 Å². The molecule has 0 aromatic carbocycles. The molecule has 0 spiro atoms. The monoisotopic (exact) mass is 728 g/mol. The van der Waals surface area contributed by atoms with Gasteiger partial charge in [0.15, 0.2) is 0 Å². The molecule has 0 aliphatic carbocycles. The first kappa shape index (κ1) is 105. The molecule has 0 amide bonds. The minimum Gasteiger partial charge on any atom is -0.759 e. The van der Waals surface area contributed by atoms with Gasteiger partial charge in [0, 0.05) is 31.2 Å². The van der Waals surface area contributed by atoms with E-state index in [0.29, 0.717) is 0 Å². The van der Waals surface area contributed by atoms with Crippen LogP contribution in [0.1, 0.15) is 0 Å². The fourth-order valence-corrected chi connectivity index (χ4v) is 0. The van der Waals surface area contributed by atoms with E-state index in [1.165, 1.54) is 0 Å². The van der Waals surface area contributed by atoms with E-state index < -0.39 is 31.2 Å². The minimum absolute atomic E-state index is 0. The van der Waals surface area contributed by atoms with Crippen LogP contribution in [0.3, 0.4) is 0 Å². The number of hydrogen-bond donors (Lipinski definition) is 0. The molecule has 0 heterocycles. The molecular weight excluding hydrogens is 710 g/mol. The van der Waals surface area contributed by atoms with E-state index in [2.05, 4.69) is 0 Å². The van der Waals surface area contributed by atoms with E-state index in [0.717, 1.165) is 0 Å². The van der Waals surface area contributed by atoms with Crippen molar-refractivity contribution in [3.63, 3.8) is 0 Å². The fraction of sp³-hybridized carbons (Fsp3) is 0. The second-order valence-electron chi connectivity index (χ2n) is 1.22. The molecule has 0 aromatic rings. The van der Waals surface area contributed by atoms with Crippen LogP contribution in [0.2, 0.25) is 0 Å². The zero-order valence-corrected chi connectivity index (χ0v) is 21.5. The third kappa shape index (κ3) is 5790. The maximum Gasteiger partial charge on any atom is 3.00 e. The Morgan fingerprint density at radius 3 is 0.308 bits per heavy atom. The molecule has 0 atom stereocenters. The molecule has 0 fully saturated rings. The maximum absolute atomic E-state index is 8.52. The molecule has 0 aliphatic rings. The Morgan fingerprint density at radius 1 is 0.308 bits per heavy atom. The maximum atomic E-state index is 8.52. The quantitative estimate of drug-likeness (QED) is 0.166. The van der Waals surface area contributed by atoms with Crippen molar-refractivity contribution in [3.8, 4) is 0 Å². The summed E-state index contributed by atoms with van der Waals surface area (Å²) in [7, 11) is -15.5. The average Bonchev–Trinajstić information content (AvgIpc) is 1.41. The molecule has 0 saturated carbocycles. The molecule has 18 N–H and O–H groups in total. The van der Waals surface area contributed by atoms with Gasteiger partial charge in [-0.15, -0.1) is 0 Å². The zero-order chi connectivity index (χ0) is 13.5. The van der Waals surface area contributed by atoms with Gasteiger partial charge in [-0.1, -0.05) is 0 Å². The fourth-order valence-electron chi connectivity index (χ4n) is 0. The molecule has 0 unspecified atom stereocenters. The van der Waals surface area contributed by atoms with Gasteiger partial charge in [-0.3, -0.25) is 25.3 Å². The second-order valence-corrected chi connectivity index (χ2v) is 3.67. The van der Waals surface area contributed by atoms with Crippen LogP contribution in [0.25, 0.3) is 0 Å².